The van der Waals surface area contributed by atoms with Gasteiger partial charge in [0.2, 0.25) is 0 Å². The molecule has 1 aliphatic heterocycles. The van der Waals surface area contributed by atoms with Gasteiger partial charge in [-0.15, -0.1) is 0 Å². The summed E-state index contributed by atoms with van der Waals surface area (Å²) in [6, 6.07) is 14.8. The van der Waals surface area contributed by atoms with E-state index < -0.39 is 17.7 Å². The number of hydrogen-bond acceptors (Lipinski definition) is 3. The van der Waals surface area contributed by atoms with E-state index >= 15 is 0 Å². The van der Waals surface area contributed by atoms with Crippen LogP contribution in [0.15, 0.2) is 54.6 Å². The van der Waals surface area contributed by atoms with Crippen molar-refractivity contribution >= 4 is 5.97 Å². The number of carboxylic acids is 1. The van der Waals surface area contributed by atoms with Crippen molar-refractivity contribution in [1.29, 1.82) is 0 Å². The summed E-state index contributed by atoms with van der Waals surface area (Å²) in [5.74, 6) is -0.856. The van der Waals surface area contributed by atoms with E-state index in [9.17, 15) is 18.0 Å². The van der Waals surface area contributed by atoms with Crippen LogP contribution in [0.1, 0.15) is 22.7 Å². The average molecular weight is 378 g/mol. The minimum absolute atomic E-state index is 0.00409. The third-order valence-corrected chi connectivity index (χ3v) is 4.80. The molecule has 0 amide bonds. The fourth-order valence-corrected chi connectivity index (χ4v) is 3.47. The maximum absolute atomic E-state index is 12.9. The van der Waals surface area contributed by atoms with Crippen molar-refractivity contribution in [3.05, 3.63) is 71.3 Å². The molecule has 0 aromatic heterocycles. The summed E-state index contributed by atoms with van der Waals surface area (Å²) >= 11 is 0. The van der Waals surface area contributed by atoms with Crippen molar-refractivity contribution in [3.8, 4) is 0 Å². The first-order valence-corrected chi connectivity index (χ1v) is 8.75. The summed E-state index contributed by atoms with van der Waals surface area (Å²) in [6.45, 7) is 2.51. The van der Waals surface area contributed by atoms with Gasteiger partial charge in [-0.05, 0) is 23.3 Å². The van der Waals surface area contributed by atoms with Gasteiger partial charge < -0.3 is 5.11 Å². The molecule has 1 atom stereocenters. The van der Waals surface area contributed by atoms with Crippen LogP contribution in [0.3, 0.4) is 0 Å². The number of piperazine rings is 1. The molecular weight excluding hydrogens is 357 g/mol. The number of benzene rings is 2. The molecule has 1 aliphatic rings. The van der Waals surface area contributed by atoms with E-state index in [0.29, 0.717) is 26.2 Å². The lowest BCUT2D eigenvalue weighted by atomic mass is 9.95. The van der Waals surface area contributed by atoms with Crippen LogP contribution in [0.2, 0.25) is 0 Å². The number of rotatable bonds is 5. The van der Waals surface area contributed by atoms with Gasteiger partial charge in [-0.25, -0.2) is 0 Å². The SMILES string of the molecule is O=C(O)CN1CCN(C(c2ccccc2)c2ccc(C(F)(F)F)cc2)CC1. The smallest absolute Gasteiger partial charge is 0.416 e. The number of carbonyl (C=O) groups is 1. The monoisotopic (exact) mass is 378 g/mol. The summed E-state index contributed by atoms with van der Waals surface area (Å²) in [4.78, 5) is 15.0. The van der Waals surface area contributed by atoms with Gasteiger partial charge in [0.1, 0.15) is 0 Å². The van der Waals surface area contributed by atoms with Gasteiger partial charge in [-0.1, -0.05) is 42.5 Å². The topological polar surface area (TPSA) is 43.8 Å². The molecule has 1 fully saturated rings. The summed E-state index contributed by atoms with van der Waals surface area (Å²) < 4.78 is 38.6. The van der Waals surface area contributed by atoms with Crippen LogP contribution >= 0.6 is 0 Å². The van der Waals surface area contributed by atoms with E-state index in [4.69, 9.17) is 5.11 Å². The van der Waals surface area contributed by atoms with Crippen LogP contribution in [0, 0.1) is 0 Å². The Hall–Kier alpha value is -2.38. The second-order valence-electron chi connectivity index (χ2n) is 6.64. The molecule has 1 saturated heterocycles. The highest BCUT2D eigenvalue weighted by Gasteiger charge is 2.31. The second kappa shape index (κ2) is 8.10. The van der Waals surface area contributed by atoms with Crippen molar-refractivity contribution in [2.45, 2.75) is 12.2 Å². The average Bonchev–Trinajstić information content (AvgIpc) is 2.64. The molecule has 0 aliphatic carbocycles. The lowest BCUT2D eigenvalue weighted by Crippen LogP contribution is -2.49. The van der Waals surface area contributed by atoms with Gasteiger partial charge in [0.15, 0.2) is 0 Å². The summed E-state index contributed by atoms with van der Waals surface area (Å²) in [6.07, 6.45) is -4.36. The highest BCUT2D eigenvalue weighted by Crippen LogP contribution is 2.33. The van der Waals surface area contributed by atoms with Crippen molar-refractivity contribution in [3.63, 3.8) is 0 Å². The van der Waals surface area contributed by atoms with Crippen molar-refractivity contribution < 1.29 is 23.1 Å². The zero-order valence-corrected chi connectivity index (χ0v) is 14.7. The standard InChI is InChI=1S/C20H21F3N2O2/c21-20(22,23)17-8-6-16(7-9-17)19(15-4-2-1-3-5-15)25-12-10-24(11-13-25)14-18(26)27/h1-9,19H,10-14H2,(H,26,27). The lowest BCUT2D eigenvalue weighted by molar-refractivity contribution is -0.139. The number of hydrogen-bond donors (Lipinski definition) is 1. The van der Waals surface area contributed by atoms with Crippen LogP contribution in [-0.2, 0) is 11.0 Å². The third kappa shape index (κ3) is 4.87. The molecule has 1 N–H and O–H groups in total. The molecule has 0 radical (unpaired) electrons. The number of halogens is 3. The number of nitrogens with zero attached hydrogens (tertiary/aromatic N) is 2. The fourth-order valence-electron chi connectivity index (χ4n) is 3.47. The Labute approximate surface area is 155 Å². The fraction of sp³-hybridized carbons (Fsp3) is 0.350. The first kappa shape index (κ1) is 19.4. The highest BCUT2D eigenvalue weighted by molar-refractivity contribution is 5.69. The van der Waals surface area contributed by atoms with E-state index in [-0.39, 0.29) is 12.6 Å². The minimum atomic E-state index is -4.36. The van der Waals surface area contributed by atoms with Gasteiger partial charge >= 0.3 is 12.1 Å². The largest absolute Gasteiger partial charge is 0.480 e. The van der Waals surface area contributed by atoms with Crippen LogP contribution in [-0.4, -0.2) is 53.6 Å². The molecule has 0 saturated carbocycles. The van der Waals surface area contributed by atoms with E-state index in [1.165, 1.54) is 12.1 Å². The highest BCUT2D eigenvalue weighted by atomic mass is 19.4. The predicted molar refractivity (Wildman–Crippen MR) is 95.4 cm³/mol. The Bertz CT molecular complexity index is 755. The molecule has 27 heavy (non-hydrogen) atoms. The molecule has 2 aromatic carbocycles. The van der Waals surface area contributed by atoms with Crippen molar-refractivity contribution in [2.24, 2.45) is 0 Å². The molecule has 0 bridgehead atoms. The molecule has 2 aromatic rings. The normalized spacial score (nSPS) is 17.6. The predicted octanol–water partition coefficient (Wildman–Crippen LogP) is 3.50. The van der Waals surface area contributed by atoms with Crippen LogP contribution in [0.4, 0.5) is 13.2 Å². The third-order valence-electron chi connectivity index (χ3n) is 4.80. The molecular formula is C20H21F3N2O2. The van der Waals surface area contributed by atoms with Gasteiger partial charge in [0.05, 0.1) is 18.2 Å². The number of alkyl halides is 3. The van der Waals surface area contributed by atoms with Crippen molar-refractivity contribution in [2.75, 3.05) is 32.7 Å². The second-order valence-corrected chi connectivity index (χ2v) is 6.64. The molecule has 1 heterocycles. The molecule has 3 rings (SSSR count). The molecule has 144 valence electrons. The molecule has 4 nitrogen and oxygen atoms in total. The Kier molecular flexibility index (Phi) is 5.82. The number of aliphatic carboxylic acids is 1. The van der Waals surface area contributed by atoms with Gasteiger partial charge in [0, 0.05) is 26.2 Å². The maximum Gasteiger partial charge on any atom is 0.416 e. The first-order valence-electron chi connectivity index (χ1n) is 8.75. The van der Waals surface area contributed by atoms with E-state index in [1.807, 2.05) is 35.2 Å². The summed E-state index contributed by atoms with van der Waals surface area (Å²) in [5.41, 5.74) is 1.13. The Morgan fingerprint density at radius 1 is 0.926 bits per heavy atom. The van der Waals surface area contributed by atoms with Crippen LogP contribution < -0.4 is 0 Å². The van der Waals surface area contributed by atoms with E-state index in [1.54, 1.807) is 0 Å². The zero-order valence-electron chi connectivity index (χ0n) is 14.7. The van der Waals surface area contributed by atoms with E-state index in [0.717, 1.165) is 23.3 Å². The van der Waals surface area contributed by atoms with Crippen LogP contribution in [0.5, 0.6) is 0 Å². The van der Waals surface area contributed by atoms with Gasteiger partial charge in [-0.3, -0.25) is 14.6 Å². The lowest BCUT2D eigenvalue weighted by Gasteiger charge is -2.39. The minimum Gasteiger partial charge on any atom is -0.480 e. The molecule has 1 unspecified atom stereocenters. The van der Waals surface area contributed by atoms with Gasteiger partial charge in [0.25, 0.3) is 0 Å². The summed E-state index contributed by atoms with van der Waals surface area (Å²) in [5, 5.41) is 8.94. The molecule has 0 spiro atoms. The number of carboxylic acid groups (broad SMARTS) is 1. The zero-order chi connectivity index (χ0) is 19.4. The van der Waals surface area contributed by atoms with E-state index in [2.05, 4.69) is 4.90 Å². The Morgan fingerprint density at radius 2 is 1.48 bits per heavy atom. The first-order chi connectivity index (χ1) is 12.8. The van der Waals surface area contributed by atoms with Crippen LogP contribution in [0.25, 0.3) is 0 Å². The van der Waals surface area contributed by atoms with Gasteiger partial charge in [-0.2, -0.15) is 13.2 Å². The maximum atomic E-state index is 12.9. The quantitative estimate of drug-likeness (QED) is 0.865. The molecule has 7 heteroatoms. The van der Waals surface area contributed by atoms with Crippen molar-refractivity contribution in [1.82, 2.24) is 9.80 Å². The Morgan fingerprint density at radius 3 is 2.00 bits per heavy atom. The Balaban J connectivity index is 1.84. The summed E-state index contributed by atoms with van der Waals surface area (Å²) in [7, 11) is 0.